The first-order chi connectivity index (χ1) is 13.4. The van der Waals surface area contributed by atoms with E-state index < -0.39 is 0 Å². The van der Waals surface area contributed by atoms with Crippen LogP contribution in [0.2, 0.25) is 0 Å². The Kier molecular flexibility index (Phi) is 7.43. The number of anilines is 2. The fraction of sp³-hybridized carbons (Fsp3) is 0.238. The first-order valence-corrected chi connectivity index (χ1v) is 8.53. The van der Waals surface area contributed by atoms with Crippen molar-refractivity contribution in [3.63, 3.8) is 0 Å². The van der Waals surface area contributed by atoms with Gasteiger partial charge in [0.2, 0.25) is 5.91 Å². The second kappa shape index (κ2) is 10.00. The molecule has 2 aromatic carbocycles. The van der Waals surface area contributed by atoms with Crippen LogP contribution in [0, 0.1) is 12.3 Å². The normalized spacial score (nSPS) is 10.1. The molecule has 0 spiro atoms. The summed E-state index contributed by atoms with van der Waals surface area (Å²) in [7, 11) is 5.13. The predicted octanol–water partition coefficient (Wildman–Crippen LogP) is 2.46. The van der Waals surface area contributed by atoms with Crippen molar-refractivity contribution >= 4 is 23.2 Å². The molecule has 0 saturated heterocycles. The van der Waals surface area contributed by atoms with Gasteiger partial charge in [-0.05, 0) is 50.5 Å². The Balaban J connectivity index is 2.11. The fourth-order valence-corrected chi connectivity index (χ4v) is 2.42. The summed E-state index contributed by atoms with van der Waals surface area (Å²) < 4.78 is 10.6. The Morgan fingerprint density at radius 2 is 1.79 bits per heavy atom. The quantitative estimate of drug-likeness (QED) is 0.687. The lowest BCUT2D eigenvalue weighted by Crippen LogP contribution is -2.27. The molecule has 2 rings (SSSR count). The van der Waals surface area contributed by atoms with Gasteiger partial charge >= 0.3 is 0 Å². The Morgan fingerprint density at radius 1 is 1.07 bits per heavy atom. The smallest absolute Gasteiger partial charge is 0.255 e. The van der Waals surface area contributed by atoms with Crippen molar-refractivity contribution in [2.75, 3.05) is 45.0 Å². The molecule has 7 nitrogen and oxygen atoms in total. The number of hydrogen-bond donors (Lipinski definition) is 2. The van der Waals surface area contributed by atoms with Crippen LogP contribution in [0.25, 0.3) is 0 Å². The Hall–Kier alpha value is -3.50. The first kappa shape index (κ1) is 20.8. The van der Waals surface area contributed by atoms with Crippen molar-refractivity contribution < 1.29 is 19.1 Å². The van der Waals surface area contributed by atoms with Crippen molar-refractivity contribution in [3.05, 3.63) is 48.0 Å². The number of nitrogens with zero attached hydrogens (tertiary/aromatic N) is 1. The summed E-state index contributed by atoms with van der Waals surface area (Å²) in [6, 6.07) is 11.7. The van der Waals surface area contributed by atoms with Crippen LogP contribution < -0.4 is 20.1 Å². The number of rotatable bonds is 8. The molecule has 0 bridgehead atoms. The molecule has 2 amide bonds. The van der Waals surface area contributed by atoms with Gasteiger partial charge in [0, 0.05) is 16.9 Å². The third-order valence-corrected chi connectivity index (χ3v) is 3.60. The molecule has 0 atom stereocenters. The van der Waals surface area contributed by atoms with Crippen LogP contribution >= 0.6 is 0 Å². The molecule has 0 aromatic heterocycles. The third-order valence-electron chi connectivity index (χ3n) is 3.60. The summed E-state index contributed by atoms with van der Waals surface area (Å²) in [4.78, 5) is 26.2. The highest BCUT2D eigenvalue weighted by molar-refractivity contribution is 6.05. The van der Waals surface area contributed by atoms with Gasteiger partial charge in [-0.3, -0.25) is 9.59 Å². The Bertz CT molecular complexity index is 887. The number of benzene rings is 2. The first-order valence-electron chi connectivity index (χ1n) is 8.53. The molecular weight excluding hydrogens is 358 g/mol. The van der Waals surface area contributed by atoms with Gasteiger partial charge in [-0.1, -0.05) is 12.0 Å². The molecule has 0 unspecified atom stereocenters. The molecule has 0 heterocycles. The molecule has 7 heteroatoms. The molecule has 0 saturated carbocycles. The Morgan fingerprint density at radius 3 is 2.43 bits per heavy atom. The molecule has 0 aliphatic carbocycles. The van der Waals surface area contributed by atoms with E-state index in [0.29, 0.717) is 28.4 Å². The zero-order chi connectivity index (χ0) is 20.5. The number of nitrogens with one attached hydrogen (secondary N) is 2. The fourth-order valence-electron chi connectivity index (χ4n) is 2.42. The van der Waals surface area contributed by atoms with Crippen molar-refractivity contribution in [2.45, 2.75) is 0 Å². The lowest BCUT2D eigenvalue weighted by atomic mass is 10.1. The molecule has 2 aromatic rings. The molecule has 28 heavy (non-hydrogen) atoms. The van der Waals surface area contributed by atoms with E-state index in [4.69, 9.17) is 15.9 Å². The number of likely N-dealkylation sites (N-methyl/N-ethyl adjacent to an activating group) is 1. The van der Waals surface area contributed by atoms with Crippen molar-refractivity contribution in [1.29, 1.82) is 0 Å². The topological polar surface area (TPSA) is 79.9 Å². The van der Waals surface area contributed by atoms with Gasteiger partial charge < -0.3 is 25.0 Å². The molecule has 0 fully saturated rings. The molecular formula is C21H23N3O4. The van der Waals surface area contributed by atoms with E-state index in [9.17, 15) is 9.59 Å². The van der Waals surface area contributed by atoms with Gasteiger partial charge in [0.1, 0.15) is 6.61 Å². The lowest BCUT2D eigenvalue weighted by Gasteiger charge is -2.12. The standard InChI is InChI=1S/C21H23N3O4/c1-5-11-28-19-12-15(9-10-18(19)27-4)21(26)23-17-8-6-7-16(13-17)22-20(25)14-24(2)3/h1,6-10,12-13H,11,14H2,2-4H3,(H,22,25)(H,23,26). The molecule has 2 N–H and O–H groups in total. The second-order valence-corrected chi connectivity index (χ2v) is 6.18. The van der Waals surface area contributed by atoms with Crippen LogP contribution in [0.3, 0.4) is 0 Å². The minimum absolute atomic E-state index is 0.0656. The number of hydrogen-bond acceptors (Lipinski definition) is 5. The molecule has 0 radical (unpaired) electrons. The van der Waals surface area contributed by atoms with Gasteiger partial charge in [0.05, 0.1) is 13.7 Å². The van der Waals surface area contributed by atoms with Gasteiger partial charge in [0.15, 0.2) is 11.5 Å². The monoisotopic (exact) mass is 381 g/mol. The summed E-state index contributed by atoms with van der Waals surface area (Å²) in [5.41, 5.74) is 1.53. The number of carbonyl (C=O) groups is 2. The number of amides is 2. The number of ether oxygens (including phenoxy) is 2. The molecule has 0 aliphatic heterocycles. The zero-order valence-corrected chi connectivity index (χ0v) is 16.1. The van der Waals surface area contributed by atoms with Crippen LogP contribution in [0.5, 0.6) is 11.5 Å². The second-order valence-electron chi connectivity index (χ2n) is 6.18. The maximum Gasteiger partial charge on any atom is 0.255 e. The summed E-state index contributed by atoms with van der Waals surface area (Å²) in [6.45, 7) is 0.332. The number of methoxy groups -OCH3 is 1. The summed E-state index contributed by atoms with van der Waals surface area (Å²) in [6.07, 6.45) is 5.22. The van der Waals surface area contributed by atoms with Crippen LogP contribution in [-0.4, -0.2) is 51.1 Å². The average molecular weight is 381 g/mol. The predicted molar refractivity (Wildman–Crippen MR) is 109 cm³/mol. The number of carbonyl (C=O) groups excluding carboxylic acids is 2. The van der Waals surface area contributed by atoms with E-state index in [-0.39, 0.29) is 25.0 Å². The maximum absolute atomic E-state index is 12.6. The van der Waals surface area contributed by atoms with Crippen molar-refractivity contribution in [3.8, 4) is 23.8 Å². The van der Waals surface area contributed by atoms with Crippen molar-refractivity contribution in [1.82, 2.24) is 4.90 Å². The zero-order valence-electron chi connectivity index (χ0n) is 16.1. The van der Waals surface area contributed by atoms with Gasteiger partial charge in [-0.25, -0.2) is 0 Å². The van der Waals surface area contributed by atoms with E-state index >= 15 is 0 Å². The van der Waals surface area contributed by atoms with Crippen LogP contribution in [-0.2, 0) is 4.79 Å². The minimum Gasteiger partial charge on any atom is -0.493 e. The highest BCUT2D eigenvalue weighted by Crippen LogP contribution is 2.28. The number of terminal acetylenes is 1. The minimum atomic E-state index is -0.329. The summed E-state index contributed by atoms with van der Waals surface area (Å²) in [5.74, 6) is 2.78. The van der Waals surface area contributed by atoms with E-state index in [1.807, 2.05) is 14.1 Å². The van der Waals surface area contributed by atoms with E-state index in [1.165, 1.54) is 7.11 Å². The largest absolute Gasteiger partial charge is 0.493 e. The van der Waals surface area contributed by atoms with Gasteiger partial charge in [-0.15, -0.1) is 6.42 Å². The van der Waals surface area contributed by atoms with Crippen LogP contribution in [0.15, 0.2) is 42.5 Å². The van der Waals surface area contributed by atoms with E-state index in [1.54, 1.807) is 47.4 Å². The van der Waals surface area contributed by atoms with E-state index in [2.05, 4.69) is 16.6 Å². The summed E-state index contributed by atoms with van der Waals surface area (Å²) >= 11 is 0. The lowest BCUT2D eigenvalue weighted by molar-refractivity contribution is -0.116. The molecule has 146 valence electrons. The van der Waals surface area contributed by atoms with Crippen LogP contribution in [0.1, 0.15) is 10.4 Å². The van der Waals surface area contributed by atoms with Crippen LogP contribution in [0.4, 0.5) is 11.4 Å². The summed E-state index contributed by atoms with van der Waals surface area (Å²) in [5, 5.41) is 5.58. The highest BCUT2D eigenvalue weighted by atomic mass is 16.5. The van der Waals surface area contributed by atoms with Gasteiger partial charge in [0.25, 0.3) is 5.91 Å². The SMILES string of the molecule is C#CCOc1cc(C(=O)Nc2cccc(NC(=O)CN(C)C)c2)ccc1OC. The van der Waals surface area contributed by atoms with Crippen molar-refractivity contribution in [2.24, 2.45) is 0 Å². The molecule has 0 aliphatic rings. The third kappa shape index (κ3) is 6.04. The van der Waals surface area contributed by atoms with E-state index in [0.717, 1.165) is 0 Å². The van der Waals surface area contributed by atoms with Gasteiger partial charge in [-0.2, -0.15) is 0 Å². The Labute approximate surface area is 164 Å². The maximum atomic E-state index is 12.6. The average Bonchev–Trinajstić information content (AvgIpc) is 2.65. The highest BCUT2D eigenvalue weighted by Gasteiger charge is 2.12.